The molecule has 6 nitrogen and oxygen atoms in total. The maximum absolute atomic E-state index is 12.7. The zero-order valence-corrected chi connectivity index (χ0v) is 17.6. The number of fused-ring (bicyclic) bond motifs is 1. The lowest BCUT2D eigenvalue weighted by Gasteiger charge is -2.13. The highest BCUT2D eigenvalue weighted by Crippen LogP contribution is 2.32. The standard InChI is InChI=1S/C22H17ClN2O4S/c1-2-29-19(26)11-18-17(24-20(30-18)13-7-9-14(23)10-8-13)12-25-21(27)15-5-3-4-6-16(15)22(25)28/h3-10H,2,11-12H2,1H3. The van der Waals surface area contributed by atoms with Crippen molar-refractivity contribution in [1.29, 1.82) is 0 Å². The lowest BCUT2D eigenvalue weighted by atomic mass is 10.1. The first-order chi connectivity index (χ1) is 14.5. The molecule has 8 heteroatoms. The zero-order chi connectivity index (χ0) is 21.3. The number of carbonyl (C=O) groups excluding carboxylic acids is 3. The SMILES string of the molecule is CCOC(=O)Cc1sc(-c2ccc(Cl)cc2)nc1CN1C(=O)c2ccccc2C1=O. The van der Waals surface area contributed by atoms with E-state index in [1.54, 1.807) is 43.3 Å². The molecule has 1 aliphatic rings. The molecule has 0 aliphatic carbocycles. The van der Waals surface area contributed by atoms with Crippen molar-refractivity contribution in [2.24, 2.45) is 0 Å². The summed E-state index contributed by atoms with van der Waals surface area (Å²) in [6, 6.07) is 13.9. The van der Waals surface area contributed by atoms with Gasteiger partial charge in [0.1, 0.15) is 5.01 Å². The molecule has 0 bridgehead atoms. The smallest absolute Gasteiger partial charge is 0.311 e. The van der Waals surface area contributed by atoms with Gasteiger partial charge in [-0.2, -0.15) is 0 Å². The number of carbonyl (C=O) groups is 3. The van der Waals surface area contributed by atoms with Gasteiger partial charge in [-0.3, -0.25) is 19.3 Å². The maximum Gasteiger partial charge on any atom is 0.311 e. The van der Waals surface area contributed by atoms with Gasteiger partial charge >= 0.3 is 5.97 Å². The van der Waals surface area contributed by atoms with Gasteiger partial charge in [-0.1, -0.05) is 35.9 Å². The molecule has 4 rings (SSSR count). The monoisotopic (exact) mass is 440 g/mol. The quantitative estimate of drug-likeness (QED) is 0.420. The van der Waals surface area contributed by atoms with E-state index in [2.05, 4.69) is 4.98 Å². The number of nitrogens with zero attached hydrogens (tertiary/aromatic N) is 2. The Labute approximate surface area is 182 Å². The summed E-state index contributed by atoms with van der Waals surface area (Å²) in [7, 11) is 0. The second-order valence-corrected chi connectivity index (χ2v) is 8.14. The Morgan fingerprint density at radius 3 is 2.30 bits per heavy atom. The third-order valence-corrected chi connectivity index (χ3v) is 6.06. The fourth-order valence-corrected chi connectivity index (χ4v) is 4.42. The molecule has 0 N–H and O–H groups in total. The van der Waals surface area contributed by atoms with Crippen LogP contribution >= 0.6 is 22.9 Å². The summed E-state index contributed by atoms with van der Waals surface area (Å²) in [5.41, 5.74) is 2.10. The molecule has 2 heterocycles. The van der Waals surface area contributed by atoms with E-state index in [9.17, 15) is 14.4 Å². The molecule has 3 aromatic rings. The summed E-state index contributed by atoms with van der Waals surface area (Å²) in [4.78, 5) is 44.0. The van der Waals surface area contributed by atoms with Gasteiger partial charge in [0, 0.05) is 15.5 Å². The van der Waals surface area contributed by atoms with Crippen molar-refractivity contribution < 1.29 is 19.1 Å². The van der Waals surface area contributed by atoms with Crippen LogP contribution in [0.15, 0.2) is 48.5 Å². The van der Waals surface area contributed by atoms with Gasteiger partial charge in [0.15, 0.2) is 0 Å². The Balaban J connectivity index is 1.67. The minimum absolute atomic E-state index is 0.00876. The Morgan fingerprint density at radius 2 is 1.70 bits per heavy atom. The number of ether oxygens (including phenoxy) is 1. The number of rotatable bonds is 6. The number of hydrogen-bond donors (Lipinski definition) is 0. The van der Waals surface area contributed by atoms with E-state index in [4.69, 9.17) is 16.3 Å². The number of benzene rings is 2. The number of hydrogen-bond acceptors (Lipinski definition) is 6. The van der Waals surface area contributed by atoms with Crippen molar-refractivity contribution in [2.45, 2.75) is 19.9 Å². The Bertz CT molecular complexity index is 1110. The molecule has 152 valence electrons. The molecule has 0 saturated carbocycles. The molecule has 2 aromatic carbocycles. The molecule has 30 heavy (non-hydrogen) atoms. The number of amides is 2. The van der Waals surface area contributed by atoms with E-state index >= 15 is 0 Å². The average Bonchev–Trinajstić information content (AvgIpc) is 3.23. The summed E-state index contributed by atoms with van der Waals surface area (Å²) in [6.07, 6.45) is 0.0254. The van der Waals surface area contributed by atoms with Crippen LogP contribution in [0.5, 0.6) is 0 Å². The molecule has 1 aliphatic heterocycles. The average molecular weight is 441 g/mol. The first-order valence-corrected chi connectivity index (χ1v) is 10.5. The third-order valence-electron chi connectivity index (χ3n) is 4.67. The van der Waals surface area contributed by atoms with Crippen LogP contribution in [0.1, 0.15) is 38.2 Å². The minimum Gasteiger partial charge on any atom is -0.466 e. The van der Waals surface area contributed by atoms with E-state index in [0.717, 1.165) is 5.56 Å². The number of halogens is 1. The van der Waals surface area contributed by atoms with Gasteiger partial charge in [-0.15, -0.1) is 11.3 Å². The Kier molecular flexibility index (Phi) is 5.65. The summed E-state index contributed by atoms with van der Waals surface area (Å²) < 4.78 is 5.07. The first kappa shape index (κ1) is 20.3. The molecule has 2 amide bonds. The topological polar surface area (TPSA) is 76.6 Å². The zero-order valence-electron chi connectivity index (χ0n) is 16.1. The lowest BCUT2D eigenvalue weighted by Crippen LogP contribution is -2.29. The van der Waals surface area contributed by atoms with Crippen LogP contribution in [0.4, 0.5) is 0 Å². The van der Waals surface area contributed by atoms with Crippen LogP contribution in [-0.2, 0) is 22.5 Å². The van der Waals surface area contributed by atoms with Crippen LogP contribution in [0, 0.1) is 0 Å². The normalized spacial score (nSPS) is 12.9. The first-order valence-electron chi connectivity index (χ1n) is 9.33. The molecular formula is C22H17ClN2O4S. The van der Waals surface area contributed by atoms with Gasteiger partial charge < -0.3 is 4.74 Å². The fourth-order valence-electron chi connectivity index (χ4n) is 3.24. The second kappa shape index (κ2) is 8.38. The summed E-state index contributed by atoms with van der Waals surface area (Å²) in [5, 5.41) is 1.28. The van der Waals surface area contributed by atoms with Crippen molar-refractivity contribution in [1.82, 2.24) is 9.88 Å². The minimum atomic E-state index is -0.382. The van der Waals surface area contributed by atoms with E-state index in [0.29, 0.717) is 31.7 Å². The molecule has 1 aromatic heterocycles. The van der Waals surface area contributed by atoms with E-state index < -0.39 is 0 Å². The van der Waals surface area contributed by atoms with Crippen LogP contribution in [0.2, 0.25) is 5.02 Å². The third kappa shape index (κ3) is 3.86. The predicted molar refractivity (Wildman–Crippen MR) is 114 cm³/mol. The van der Waals surface area contributed by atoms with Crippen molar-refractivity contribution >= 4 is 40.7 Å². The summed E-state index contributed by atoms with van der Waals surface area (Å²) in [5.74, 6) is -1.11. The fraction of sp³-hybridized carbons (Fsp3) is 0.182. The molecule has 0 fully saturated rings. The molecule has 0 radical (unpaired) electrons. The summed E-state index contributed by atoms with van der Waals surface area (Å²) >= 11 is 7.31. The molecule has 0 spiro atoms. The van der Waals surface area contributed by atoms with E-state index in [-0.39, 0.29) is 37.4 Å². The van der Waals surface area contributed by atoms with Crippen LogP contribution < -0.4 is 0 Å². The van der Waals surface area contributed by atoms with Crippen molar-refractivity contribution in [3.63, 3.8) is 0 Å². The number of imide groups is 1. The van der Waals surface area contributed by atoms with Gasteiger partial charge in [0.25, 0.3) is 11.8 Å². The summed E-state index contributed by atoms with van der Waals surface area (Å²) in [6.45, 7) is 2.00. The Morgan fingerprint density at radius 1 is 1.07 bits per heavy atom. The number of aromatic nitrogens is 1. The Hall–Kier alpha value is -3.03. The predicted octanol–water partition coefficient (Wildman–Crippen LogP) is 4.37. The number of esters is 1. The molecule has 0 atom stereocenters. The van der Waals surface area contributed by atoms with Crippen molar-refractivity contribution in [3.05, 3.63) is 75.3 Å². The highest BCUT2D eigenvalue weighted by molar-refractivity contribution is 7.15. The van der Waals surface area contributed by atoms with E-state index in [1.807, 2.05) is 12.1 Å². The lowest BCUT2D eigenvalue weighted by molar-refractivity contribution is -0.142. The maximum atomic E-state index is 12.7. The van der Waals surface area contributed by atoms with Crippen LogP contribution in [-0.4, -0.2) is 34.3 Å². The van der Waals surface area contributed by atoms with Gasteiger partial charge in [-0.25, -0.2) is 4.98 Å². The highest BCUT2D eigenvalue weighted by Gasteiger charge is 2.36. The molecule has 0 saturated heterocycles. The van der Waals surface area contributed by atoms with Crippen LogP contribution in [0.25, 0.3) is 10.6 Å². The van der Waals surface area contributed by atoms with Gasteiger partial charge in [0.05, 0.1) is 36.4 Å². The van der Waals surface area contributed by atoms with Crippen molar-refractivity contribution in [3.8, 4) is 10.6 Å². The van der Waals surface area contributed by atoms with Gasteiger partial charge in [-0.05, 0) is 31.2 Å². The van der Waals surface area contributed by atoms with E-state index in [1.165, 1.54) is 16.2 Å². The molecular weight excluding hydrogens is 424 g/mol. The second-order valence-electron chi connectivity index (χ2n) is 6.62. The highest BCUT2D eigenvalue weighted by atomic mass is 35.5. The van der Waals surface area contributed by atoms with Gasteiger partial charge in [0.2, 0.25) is 0 Å². The van der Waals surface area contributed by atoms with Crippen molar-refractivity contribution in [2.75, 3.05) is 6.61 Å². The van der Waals surface area contributed by atoms with Crippen LogP contribution in [0.3, 0.4) is 0 Å². The molecule has 0 unspecified atom stereocenters. The number of thiazole rings is 1. The largest absolute Gasteiger partial charge is 0.466 e.